The van der Waals surface area contributed by atoms with Crippen molar-refractivity contribution in [3.63, 3.8) is 0 Å². The summed E-state index contributed by atoms with van der Waals surface area (Å²) in [6.07, 6.45) is -1.26. The average molecular weight is 224 g/mol. The van der Waals surface area contributed by atoms with Crippen LogP contribution in [0.2, 0.25) is 0 Å². The third-order valence-electron chi connectivity index (χ3n) is 2.09. The maximum atomic E-state index is 11.4. The van der Waals surface area contributed by atoms with Gasteiger partial charge in [-0.1, -0.05) is 18.2 Å². The Morgan fingerprint density at radius 1 is 1.38 bits per heavy atom. The van der Waals surface area contributed by atoms with E-state index in [0.717, 1.165) is 0 Å². The van der Waals surface area contributed by atoms with E-state index in [1.165, 1.54) is 4.90 Å². The van der Waals surface area contributed by atoms with Crippen LogP contribution in [0.25, 0.3) is 0 Å². The fraction of sp³-hybridized carbons (Fsp3) is 0.364. The van der Waals surface area contributed by atoms with Gasteiger partial charge in [-0.3, -0.25) is 0 Å². The van der Waals surface area contributed by atoms with Gasteiger partial charge < -0.3 is 9.64 Å². The second-order valence-corrected chi connectivity index (χ2v) is 3.15. The van der Waals surface area contributed by atoms with Crippen LogP contribution < -0.4 is 4.90 Å². The number of rotatable bonds is 5. The Labute approximate surface area is 94.1 Å². The molecule has 1 rings (SSSR count). The highest BCUT2D eigenvalue weighted by molar-refractivity contribution is 5.78. The van der Waals surface area contributed by atoms with Crippen molar-refractivity contribution in [3.05, 3.63) is 30.3 Å². The van der Waals surface area contributed by atoms with Gasteiger partial charge in [-0.15, -0.1) is 0 Å². The molecule has 0 saturated carbocycles. The minimum absolute atomic E-state index is 0.210. The van der Waals surface area contributed by atoms with Crippen molar-refractivity contribution in [3.8, 4) is 0 Å². The number of anilines is 1. The van der Waals surface area contributed by atoms with Crippen molar-refractivity contribution in [1.29, 1.82) is 0 Å². The molecule has 1 aromatic carbocycles. The summed E-state index contributed by atoms with van der Waals surface area (Å²) in [7, 11) is 1.59. The lowest BCUT2D eigenvalue weighted by atomic mass is 10.3. The first-order valence-electron chi connectivity index (χ1n) is 4.93. The minimum atomic E-state index is -1.26. The Hall–Kier alpha value is -1.59. The van der Waals surface area contributed by atoms with Gasteiger partial charge >= 0.3 is 5.97 Å². The summed E-state index contributed by atoms with van der Waals surface area (Å²) in [4.78, 5) is 16.7. The normalized spacial score (nSPS) is 11.9. The molecule has 1 atom stereocenters. The van der Waals surface area contributed by atoms with Crippen LogP contribution in [0.15, 0.2) is 30.3 Å². The van der Waals surface area contributed by atoms with Gasteiger partial charge in [0.1, 0.15) is 0 Å². The Bertz CT molecular complexity index is 328. The van der Waals surface area contributed by atoms with Crippen LogP contribution in [-0.2, 0) is 19.7 Å². The number of nitrogens with zero attached hydrogens (tertiary/aromatic N) is 1. The van der Waals surface area contributed by atoms with Gasteiger partial charge in [0.15, 0.2) is 0 Å². The predicted octanol–water partition coefficient (Wildman–Crippen LogP) is 1.37. The summed E-state index contributed by atoms with van der Waals surface area (Å²) in [5.74, 6) is -0.691. The lowest BCUT2D eigenvalue weighted by molar-refractivity contribution is -0.329. The van der Waals surface area contributed by atoms with E-state index in [1.54, 1.807) is 38.2 Å². The Morgan fingerprint density at radius 3 is 2.50 bits per heavy atom. The maximum Gasteiger partial charge on any atom is 0.359 e. The van der Waals surface area contributed by atoms with Gasteiger partial charge in [-0.2, -0.15) is 4.89 Å². The first-order chi connectivity index (χ1) is 7.70. The van der Waals surface area contributed by atoms with Crippen LogP contribution in [0.5, 0.6) is 0 Å². The highest BCUT2D eigenvalue weighted by Gasteiger charge is 2.26. The summed E-state index contributed by atoms with van der Waals surface area (Å²) in [6.45, 7) is 1.88. The molecule has 0 aromatic heterocycles. The zero-order valence-corrected chi connectivity index (χ0v) is 9.25. The predicted molar refractivity (Wildman–Crippen MR) is 57.0 cm³/mol. The molecule has 0 fully saturated rings. The van der Waals surface area contributed by atoms with E-state index in [2.05, 4.69) is 4.89 Å². The first-order valence-corrected chi connectivity index (χ1v) is 4.93. The zero-order chi connectivity index (χ0) is 12.0. The summed E-state index contributed by atoms with van der Waals surface area (Å²) >= 11 is 0. The lowest BCUT2D eigenvalue weighted by Crippen LogP contribution is -2.41. The number of carbonyl (C=O) groups excluding carboxylic acids is 1. The van der Waals surface area contributed by atoms with Crippen LogP contribution in [0, 0.1) is 0 Å². The molecule has 0 amide bonds. The molecule has 1 aromatic rings. The molecule has 0 heterocycles. The summed E-state index contributed by atoms with van der Waals surface area (Å²) in [5, 5.41) is 10.5. The van der Waals surface area contributed by atoms with Gasteiger partial charge in [0.05, 0.1) is 6.61 Å². The molecule has 0 spiro atoms. The molecule has 0 aliphatic rings. The number of ether oxygens (including phenoxy) is 1. The second-order valence-electron chi connectivity index (χ2n) is 3.15. The van der Waals surface area contributed by atoms with E-state index in [1.807, 2.05) is 6.07 Å². The van der Waals surface area contributed by atoms with Crippen molar-refractivity contribution < 1.29 is 19.7 Å². The van der Waals surface area contributed by atoms with Crippen molar-refractivity contribution in [2.24, 2.45) is 0 Å². The standard InChI is InChI=1S/C11H14NO4/c1-3-15-11(13)10(16-14)12(2)9-7-5-4-6-8-9/h4-8,10H,3H2,1-2H3. The number of carbonyl (C=O) groups is 1. The molecule has 1 unspecified atom stereocenters. The van der Waals surface area contributed by atoms with Gasteiger partial charge in [0.2, 0.25) is 0 Å². The SMILES string of the molecule is CCOC(=O)C(O[O])N(C)c1ccccc1. The minimum Gasteiger partial charge on any atom is -0.463 e. The molecule has 1 radical (unpaired) electrons. The largest absolute Gasteiger partial charge is 0.463 e. The van der Waals surface area contributed by atoms with Crippen LogP contribution in [0.3, 0.4) is 0 Å². The van der Waals surface area contributed by atoms with E-state index in [4.69, 9.17) is 4.74 Å². The zero-order valence-electron chi connectivity index (χ0n) is 9.25. The van der Waals surface area contributed by atoms with E-state index < -0.39 is 12.2 Å². The van der Waals surface area contributed by atoms with E-state index in [-0.39, 0.29) is 6.61 Å². The van der Waals surface area contributed by atoms with Crippen molar-refractivity contribution >= 4 is 11.7 Å². The summed E-state index contributed by atoms with van der Waals surface area (Å²) in [6, 6.07) is 8.99. The van der Waals surface area contributed by atoms with Crippen molar-refractivity contribution in [2.75, 3.05) is 18.6 Å². The Morgan fingerprint density at radius 2 is 2.00 bits per heavy atom. The Kier molecular flexibility index (Phi) is 4.75. The number of likely N-dealkylation sites (N-methyl/N-ethyl adjacent to an activating group) is 1. The number of hydrogen-bond acceptors (Lipinski definition) is 4. The van der Waals surface area contributed by atoms with Crippen LogP contribution in [0.4, 0.5) is 5.69 Å². The number of benzene rings is 1. The molecule has 5 heteroatoms. The van der Waals surface area contributed by atoms with Gasteiger partial charge in [0, 0.05) is 12.7 Å². The molecule has 0 aliphatic heterocycles. The monoisotopic (exact) mass is 224 g/mol. The van der Waals surface area contributed by atoms with Crippen LogP contribution >= 0.6 is 0 Å². The van der Waals surface area contributed by atoms with Crippen LogP contribution in [0.1, 0.15) is 6.92 Å². The first kappa shape index (κ1) is 12.5. The van der Waals surface area contributed by atoms with Crippen LogP contribution in [-0.4, -0.2) is 25.9 Å². The van der Waals surface area contributed by atoms with E-state index in [9.17, 15) is 10.1 Å². The number of para-hydroxylation sites is 1. The van der Waals surface area contributed by atoms with E-state index >= 15 is 0 Å². The highest BCUT2D eigenvalue weighted by atomic mass is 17.1. The average Bonchev–Trinajstić information content (AvgIpc) is 2.31. The molecule has 0 N–H and O–H groups in total. The second kappa shape index (κ2) is 6.09. The fourth-order valence-electron chi connectivity index (χ4n) is 1.27. The third-order valence-corrected chi connectivity index (χ3v) is 2.09. The fourth-order valence-corrected chi connectivity index (χ4v) is 1.27. The topological polar surface area (TPSA) is 58.7 Å². The highest BCUT2D eigenvalue weighted by Crippen LogP contribution is 2.15. The number of hydrogen-bond donors (Lipinski definition) is 0. The van der Waals surface area contributed by atoms with Gasteiger partial charge in [-0.25, -0.2) is 4.79 Å². The number of esters is 1. The smallest absolute Gasteiger partial charge is 0.359 e. The molecule has 87 valence electrons. The molecule has 0 saturated heterocycles. The van der Waals surface area contributed by atoms with Crippen molar-refractivity contribution in [1.82, 2.24) is 0 Å². The molecule has 5 nitrogen and oxygen atoms in total. The Balaban J connectivity index is 2.77. The lowest BCUT2D eigenvalue weighted by Gasteiger charge is -2.24. The molecular formula is C11H14NO4. The molecule has 0 bridgehead atoms. The van der Waals surface area contributed by atoms with E-state index in [0.29, 0.717) is 5.69 Å². The summed E-state index contributed by atoms with van der Waals surface area (Å²) in [5.41, 5.74) is 0.705. The third kappa shape index (κ3) is 2.95. The summed E-state index contributed by atoms with van der Waals surface area (Å²) < 4.78 is 4.73. The van der Waals surface area contributed by atoms with Gasteiger partial charge in [0.25, 0.3) is 6.23 Å². The quantitative estimate of drug-likeness (QED) is 0.328. The molecular weight excluding hydrogens is 210 g/mol. The molecule has 16 heavy (non-hydrogen) atoms. The van der Waals surface area contributed by atoms with Crippen molar-refractivity contribution in [2.45, 2.75) is 13.2 Å². The van der Waals surface area contributed by atoms with Gasteiger partial charge in [-0.05, 0) is 24.3 Å². The maximum absolute atomic E-state index is 11.4. The molecule has 0 aliphatic carbocycles.